The van der Waals surface area contributed by atoms with Crippen molar-refractivity contribution in [2.75, 3.05) is 4.90 Å². The van der Waals surface area contributed by atoms with Gasteiger partial charge in [0.25, 0.3) is 0 Å². The minimum Gasteiger partial charge on any atom is -0.455 e. The van der Waals surface area contributed by atoms with E-state index in [2.05, 4.69) is 103 Å². The molecule has 10 aromatic rings. The first kappa shape index (κ1) is 28.9. The van der Waals surface area contributed by atoms with Crippen LogP contribution in [0.3, 0.4) is 0 Å². The van der Waals surface area contributed by atoms with E-state index in [9.17, 15) is 5.48 Å². The van der Waals surface area contributed by atoms with E-state index in [1.165, 1.54) is 5.56 Å². The normalized spacial score (nSPS) is 13.7. The molecule has 1 heterocycles. The van der Waals surface area contributed by atoms with E-state index in [4.69, 9.17) is 4.42 Å². The topological polar surface area (TPSA) is 16.4 Å². The lowest BCUT2D eigenvalue weighted by molar-refractivity contribution is 0.670. The summed E-state index contributed by atoms with van der Waals surface area (Å²) in [5.74, 6) is 0. The summed E-state index contributed by atoms with van der Waals surface area (Å²) in [6.45, 7) is 0. The van der Waals surface area contributed by atoms with Crippen molar-refractivity contribution in [3.8, 4) is 33.4 Å². The molecule has 1 aliphatic carbocycles. The third kappa shape index (κ3) is 5.18. The first-order chi connectivity index (χ1) is 30.0. The fourth-order valence-electron chi connectivity index (χ4n) is 8.99. The zero-order valence-electron chi connectivity index (χ0n) is 34.9. The molecule has 0 saturated carbocycles. The number of furan rings is 1. The van der Waals surface area contributed by atoms with Crippen molar-refractivity contribution < 1.29 is 9.90 Å². The summed E-state index contributed by atoms with van der Waals surface area (Å²) < 4.78 is 45.5. The molecule has 0 aliphatic heterocycles. The number of nitrogens with zero attached hydrogens (tertiary/aromatic N) is 1. The molecule has 0 amide bonds. The molecule has 1 aromatic heterocycles. The van der Waals surface area contributed by atoms with Gasteiger partial charge >= 0.3 is 0 Å². The Morgan fingerprint density at radius 1 is 0.404 bits per heavy atom. The van der Waals surface area contributed by atoms with Crippen LogP contribution < -0.4 is 4.90 Å². The fourth-order valence-corrected chi connectivity index (χ4v) is 8.99. The second-order valence-electron chi connectivity index (χ2n) is 14.5. The second kappa shape index (κ2) is 13.4. The van der Waals surface area contributed by atoms with Gasteiger partial charge in [0.15, 0.2) is 0 Å². The molecule has 0 radical (unpaired) electrons. The zero-order valence-corrected chi connectivity index (χ0v) is 30.9. The molecule has 11 rings (SSSR count). The van der Waals surface area contributed by atoms with Crippen molar-refractivity contribution in [3.05, 3.63) is 247 Å². The maximum atomic E-state index is 9.89. The van der Waals surface area contributed by atoms with Crippen LogP contribution in [0.2, 0.25) is 0 Å². The summed E-state index contributed by atoms with van der Waals surface area (Å²) in [7, 11) is 0. The van der Waals surface area contributed by atoms with Crippen molar-refractivity contribution in [2.24, 2.45) is 0 Å². The third-order valence-corrected chi connectivity index (χ3v) is 11.4. The molecule has 9 aromatic carbocycles. The predicted molar refractivity (Wildman–Crippen MR) is 237 cm³/mol. The smallest absolute Gasteiger partial charge is 0.143 e. The van der Waals surface area contributed by atoms with Gasteiger partial charge in [-0.15, -0.1) is 0 Å². The van der Waals surface area contributed by atoms with Gasteiger partial charge in [-0.05, 0) is 80.9 Å². The minimum absolute atomic E-state index is 0.150. The lowest BCUT2D eigenvalue weighted by Gasteiger charge is -2.35. The van der Waals surface area contributed by atoms with Crippen LogP contribution in [-0.4, -0.2) is 0 Å². The highest BCUT2D eigenvalue weighted by atomic mass is 16.3. The molecule has 1 aliphatic rings. The molecule has 57 heavy (non-hydrogen) atoms. The van der Waals surface area contributed by atoms with Gasteiger partial charge in [-0.25, -0.2) is 0 Å². The highest BCUT2D eigenvalue weighted by Gasteiger charge is 2.46. The molecule has 0 saturated heterocycles. The summed E-state index contributed by atoms with van der Waals surface area (Å²) in [6.07, 6.45) is 0. The third-order valence-electron chi connectivity index (χ3n) is 11.4. The molecular formula is C55H37NO. The predicted octanol–water partition coefficient (Wildman–Crippen LogP) is 14.8. The molecule has 2 heteroatoms. The number of rotatable bonds is 7. The minimum atomic E-state index is -0.695. The fraction of sp³-hybridized carbons (Fsp3) is 0.0182. The molecule has 0 N–H and O–H groups in total. The Morgan fingerprint density at radius 3 is 1.74 bits per heavy atom. The molecule has 2 nitrogen and oxygen atoms in total. The van der Waals surface area contributed by atoms with Crippen LogP contribution in [0.1, 0.15) is 27.7 Å². The van der Waals surface area contributed by atoms with Gasteiger partial charge < -0.3 is 9.32 Å². The summed E-state index contributed by atoms with van der Waals surface area (Å²) >= 11 is 0. The van der Waals surface area contributed by atoms with Gasteiger partial charge in [0.1, 0.15) is 11.2 Å². The van der Waals surface area contributed by atoms with Gasteiger partial charge in [-0.2, -0.15) is 0 Å². The standard InChI is InChI=1S/C55H37NO/c1-4-17-38(18-5-1)44-23-11-14-29-52(44)56(42-33-31-39(32-34-42)45-26-16-27-49-48-25-12-15-30-53(48)57-54(45)49)43-35-36-47-46-24-10-13-28-50(46)55(51(47)37-43,40-19-6-2-7-20-40)41-21-8-3-9-22-41/h1-37H/i31D,32D,33D,34D. The summed E-state index contributed by atoms with van der Waals surface area (Å²) in [5.41, 5.74) is 11.4. The van der Waals surface area contributed by atoms with E-state index in [-0.39, 0.29) is 35.4 Å². The van der Waals surface area contributed by atoms with Crippen LogP contribution in [0.5, 0.6) is 0 Å². The monoisotopic (exact) mass is 731 g/mol. The number of hydrogen-bond donors (Lipinski definition) is 0. The zero-order chi connectivity index (χ0) is 41.2. The average molecular weight is 732 g/mol. The Hall–Kier alpha value is -7.42. The summed E-state index contributed by atoms with van der Waals surface area (Å²) in [6, 6.07) is 67.1. The molecule has 268 valence electrons. The molecule has 0 unspecified atom stereocenters. The number of hydrogen-bond acceptors (Lipinski definition) is 2. The molecule has 0 atom stereocenters. The maximum absolute atomic E-state index is 9.89. The lowest BCUT2D eigenvalue weighted by Crippen LogP contribution is -2.28. The van der Waals surface area contributed by atoms with E-state index in [1.807, 2.05) is 102 Å². The van der Waals surface area contributed by atoms with Crippen molar-refractivity contribution in [1.29, 1.82) is 0 Å². The number of para-hydroxylation sites is 3. The summed E-state index contributed by atoms with van der Waals surface area (Å²) in [5, 5.41) is 1.78. The van der Waals surface area contributed by atoms with E-state index >= 15 is 0 Å². The van der Waals surface area contributed by atoms with Crippen LogP contribution in [0.15, 0.2) is 229 Å². The Bertz CT molecular complexity index is 3240. The Morgan fingerprint density at radius 2 is 0.982 bits per heavy atom. The van der Waals surface area contributed by atoms with E-state index < -0.39 is 5.41 Å². The van der Waals surface area contributed by atoms with Crippen molar-refractivity contribution in [2.45, 2.75) is 5.41 Å². The Kier molecular flexibility index (Phi) is 6.81. The molecule has 0 fully saturated rings. The maximum Gasteiger partial charge on any atom is 0.143 e. The lowest BCUT2D eigenvalue weighted by atomic mass is 9.67. The van der Waals surface area contributed by atoms with Crippen LogP contribution in [0.4, 0.5) is 17.1 Å². The van der Waals surface area contributed by atoms with Crippen molar-refractivity contribution in [3.63, 3.8) is 0 Å². The second-order valence-corrected chi connectivity index (χ2v) is 14.5. The first-order valence-corrected chi connectivity index (χ1v) is 19.3. The van der Waals surface area contributed by atoms with E-state index in [0.717, 1.165) is 55.4 Å². The van der Waals surface area contributed by atoms with Gasteiger partial charge in [0.05, 0.1) is 16.6 Å². The number of anilines is 3. The Balaban J connectivity index is 1.21. The van der Waals surface area contributed by atoms with Gasteiger partial charge in [-0.3, -0.25) is 0 Å². The first-order valence-electron chi connectivity index (χ1n) is 21.3. The molecule has 0 spiro atoms. The molecule has 0 bridgehead atoms. The van der Waals surface area contributed by atoms with Gasteiger partial charge in [0, 0.05) is 33.3 Å². The number of benzene rings is 9. The van der Waals surface area contributed by atoms with Crippen LogP contribution in [-0.2, 0) is 5.41 Å². The van der Waals surface area contributed by atoms with Crippen molar-refractivity contribution >= 4 is 39.0 Å². The van der Waals surface area contributed by atoms with Crippen LogP contribution in [0.25, 0.3) is 55.3 Å². The van der Waals surface area contributed by atoms with E-state index in [1.54, 1.807) is 0 Å². The summed E-state index contributed by atoms with van der Waals surface area (Å²) in [4.78, 5) is 1.93. The van der Waals surface area contributed by atoms with Crippen LogP contribution in [0, 0.1) is 0 Å². The highest BCUT2D eigenvalue weighted by Crippen LogP contribution is 2.57. The molecular weight excluding hydrogens is 691 g/mol. The number of fused-ring (bicyclic) bond motifs is 6. The van der Waals surface area contributed by atoms with E-state index in [0.29, 0.717) is 22.4 Å². The van der Waals surface area contributed by atoms with Crippen LogP contribution >= 0.6 is 0 Å². The SMILES string of the molecule is [2H]c1c([2H])c(N(c2ccc3c(c2)C(c2ccccc2)(c2ccccc2)c2ccccc2-3)c2ccccc2-c2ccccc2)c([2H])c([2H])c1-c1cccc2c1oc1ccccc12. The van der Waals surface area contributed by atoms with Gasteiger partial charge in [0.2, 0.25) is 0 Å². The quantitative estimate of drug-likeness (QED) is 0.162. The Labute approximate surface area is 338 Å². The average Bonchev–Trinajstić information content (AvgIpc) is 3.85. The largest absolute Gasteiger partial charge is 0.455 e. The van der Waals surface area contributed by atoms with Gasteiger partial charge in [-0.1, -0.05) is 188 Å². The van der Waals surface area contributed by atoms with Crippen molar-refractivity contribution in [1.82, 2.24) is 0 Å². The highest BCUT2D eigenvalue weighted by molar-refractivity contribution is 6.09.